The first-order valence-corrected chi connectivity index (χ1v) is 17.5. The molecule has 0 aromatic carbocycles. The largest absolute Gasteiger partial charge is 0.444 e. The molecule has 0 aromatic heterocycles. The molecule has 1 N–H and O–H groups in total. The average Bonchev–Trinajstić information content (AvgIpc) is 3.08. The molecule has 0 bridgehead atoms. The quantitative estimate of drug-likeness (QED) is 0.0904. The fourth-order valence-corrected chi connectivity index (χ4v) is 3.34. The number of ether oxygens (including phenoxy) is 14. The second-order valence-electron chi connectivity index (χ2n) is 11.1. The summed E-state index contributed by atoms with van der Waals surface area (Å²) in [6.45, 7) is 17.2. The molecule has 0 radical (unpaired) electrons. The Bertz CT molecular complexity index is 680. The fourth-order valence-electron chi connectivity index (χ4n) is 3.34. The van der Waals surface area contributed by atoms with E-state index in [1.807, 2.05) is 20.8 Å². The Balaban J connectivity index is 3.09. The third-order valence-corrected chi connectivity index (χ3v) is 5.60. The van der Waals surface area contributed by atoms with Crippen molar-refractivity contribution in [2.24, 2.45) is 0 Å². The van der Waals surface area contributed by atoms with Crippen molar-refractivity contribution in [1.82, 2.24) is 5.32 Å². The highest BCUT2D eigenvalue weighted by atomic mass is 19.1. The molecule has 0 aromatic rings. The van der Waals surface area contributed by atoms with E-state index in [1.54, 1.807) is 0 Å². The predicted octanol–water partition coefficient (Wildman–Crippen LogP) is 1.70. The standard InChI is InChI=1S/C33H66FNO15/c1-33(2,3)50-32(36)35-5-7-38-9-11-40-13-15-42-17-19-44-21-23-46-25-27-48-29-31-49-30-28-47-26-24-45-22-20-43-18-16-41-14-12-39-10-8-37-6-4-34/h4-31H2,1-3H3,(H,35,36). The Morgan fingerprint density at radius 2 is 0.580 bits per heavy atom. The molecule has 0 atom stereocenters. The number of amides is 1. The minimum absolute atomic E-state index is 0.108. The summed E-state index contributed by atoms with van der Waals surface area (Å²) >= 11 is 0. The lowest BCUT2D eigenvalue weighted by molar-refractivity contribution is -0.0290. The Kier molecular flexibility index (Phi) is 39.4. The summed E-state index contributed by atoms with van der Waals surface area (Å²) in [6, 6.07) is 0. The number of alkyl halides is 1. The van der Waals surface area contributed by atoms with E-state index in [4.69, 9.17) is 66.3 Å². The number of carbonyl (C=O) groups is 1. The number of hydrogen-bond acceptors (Lipinski definition) is 15. The number of hydrogen-bond donors (Lipinski definition) is 1. The lowest BCUT2D eigenvalue weighted by atomic mass is 10.2. The summed E-state index contributed by atoms with van der Waals surface area (Å²) in [5.41, 5.74) is -0.515. The number of alkyl carbamates (subject to hydrolysis) is 1. The van der Waals surface area contributed by atoms with E-state index in [9.17, 15) is 9.18 Å². The highest BCUT2D eigenvalue weighted by molar-refractivity contribution is 5.67. The lowest BCUT2D eigenvalue weighted by Gasteiger charge is -2.19. The highest BCUT2D eigenvalue weighted by Gasteiger charge is 2.15. The minimum Gasteiger partial charge on any atom is -0.444 e. The summed E-state index contributed by atoms with van der Waals surface area (Å²) < 4.78 is 87.1. The summed E-state index contributed by atoms with van der Waals surface area (Å²) in [5, 5.41) is 2.63. The first-order chi connectivity index (χ1) is 24.5. The number of halogens is 1. The lowest BCUT2D eigenvalue weighted by Crippen LogP contribution is -2.34. The van der Waals surface area contributed by atoms with Crippen LogP contribution >= 0.6 is 0 Å². The molecule has 17 heteroatoms. The van der Waals surface area contributed by atoms with Gasteiger partial charge in [-0.05, 0) is 20.8 Å². The molecule has 16 nitrogen and oxygen atoms in total. The normalized spacial score (nSPS) is 11.8. The van der Waals surface area contributed by atoms with Crippen LogP contribution in [0.2, 0.25) is 0 Å². The molecular formula is C33H66FNO15. The fraction of sp³-hybridized carbons (Fsp3) is 0.970. The molecule has 300 valence electrons. The zero-order valence-corrected chi connectivity index (χ0v) is 30.8. The first-order valence-electron chi connectivity index (χ1n) is 17.5. The molecule has 0 heterocycles. The molecule has 0 spiro atoms. The van der Waals surface area contributed by atoms with Gasteiger partial charge >= 0.3 is 6.09 Å². The van der Waals surface area contributed by atoms with Gasteiger partial charge in [-0.25, -0.2) is 9.18 Å². The van der Waals surface area contributed by atoms with E-state index >= 15 is 0 Å². The van der Waals surface area contributed by atoms with Gasteiger partial charge in [-0.15, -0.1) is 0 Å². The zero-order valence-electron chi connectivity index (χ0n) is 30.8. The Morgan fingerprint density at radius 1 is 0.380 bits per heavy atom. The maximum absolute atomic E-state index is 11.8. The van der Waals surface area contributed by atoms with Crippen LogP contribution in [0.1, 0.15) is 20.8 Å². The van der Waals surface area contributed by atoms with Crippen LogP contribution in [0, 0.1) is 0 Å². The van der Waals surface area contributed by atoms with Gasteiger partial charge in [-0.2, -0.15) is 0 Å². The van der Waals surface area contributed by atoms with Crippen molar-refractivity contribution in [2.75, 3.05) is 185 Å². The maximum Gasteiger partial charge on any atom is 0.407 e. The summed E-state index contributed by atoms with van der Waals surface area (Å²) in [6.07, 6.45) is -0.456. The molecular weight excluding hydrogens is 669 g/mol. The molecule has 0 fully saturated rings. The van der Waals surface area contributed by atoms with Gasteiger partial charge in [-0.3, -0.25) is 0 Å². The van der Waals surface area contributed by atoms with Gasteiger partial charge in [0.05, 0.1) is 172 Å². The van der Waals surface area contributed by atoms with E-state index < -0.39 is 18.4 Å². The van der Waals surface area contributed by atoms with E-state index in [2.05, 4.69) is 5.32 Å². The Morgan fingerprint density at radius 3 is 0.780 bits per heavy atom. The molecule has 0 aliphatic carbocycles. The van der Waals surface area contributed by atoms with Crippen molar-refractivity contribution >= 4 is 6.09 Å². The van der Waals surface area contributed by atoms with Gasteiger partial charge in [-0.1, -0.05) is 0 Å². The first kappa shape index (κ1) is 48.7. The second-order valence-corrected chi connectivity index (χ2v) is 11.1. The predicted molar refractivity (Wildman–Crippen MR) is 181 cm³/mol. The highest BCUT2D eigenvalue weighted by Crippen LogP contribution is 2.06. The van der Waals surface area contributed by atoms with E-state index in [1.165, 1.54) is 0 Å². The Hall–Kier alpha value is -1.32. The zero-order chi connectivity index (χ0) is 36.5. The SMILES string of the molecule is CC(C)(C)OC(=O)NCCOCCOCCOCCOCCOCCOCCOCCOCCOCCOCCOCCOCCOCCF. The van der Waals surface area contributed by atoms with Gasteiger partial charge in [0.2, 0.25) is 0 Å². The van der Waals surface area contributed by atoms with Gasteiger partial charge in [0.1, 0.15) is 12.3 Å². The van der Waals surface area contributed by atoms with Gasteiger partial charge in [0, 0.05) is 6.54 Å². The van der Waals surface area contributed by atoms with Crippen molar-refractivity contribution in [3.05, 3.63) is 0 Å². The summed E-state index contributed by atoms with van der Waals surface area (Å²) in [4.78, 5) is 11.5. The molecule has 0 saturated heterocycles. The summed E-state index contributed by atoms with van der Waals surface area (Å²) in [7, 11) is 0. The van der Waals surface area contributed by atoms with Crippen LogP contribution in [-0.2, 0) is 66.3 Å². The van der Waals surface area contributed by atoms with Crippen LogP contribution < -0.4 is 5.32 Å². The second kappa shape index (κ2) is 40.5. The summed E-state index contributed by atoms with van der Waals surface area (Å²) in [5.74, 6) is 0. The smallest absolute Gasteiger partial charge is 0.407 e. The van der Waals surface area contributed by atoms with Gasteiger partial charge in [0.25, 0.3) is 0 Å². The monoisotopic (exact) mass is 735 g/mol. The Labute approximate surface area is 298 Å². The van der Waals surface area contributed by atoms with Crippen LogP contribution in [-0.4, -0.2) is 197 Å². The molecule has 0 unspecified atom stereocenters. The van der Waals surface area contributed by atoms with Crippen LogP contribution in [0.4, 0.5) is 9.18 Å². The van der Waals surface area contributed by atoms with E-state index in [0.717, 1.165) is 0 Å². The van der Waals surface area contributed by atoms with Gasteiger partial charge < -0.3 is 71.6 Å². The number of carbonyl (C=O) groups excluding carboxylic acids is 1. The van der Waals surface area contributed by atoms with Crippen molar-refractivity contribution < 1.29 is 75.5 Å². The molecule has 50 heavy (non-hydrogen) atoms. The van der Waals surface area contributed by atoms with Crippen molar-refractivity contribution in [1.29, 1.82) is 0 Å². The number of nitrogens with one attached hydrogen (secondary N) is 1. The number of rotatable bonds is 41. The van der Waals surface area contributed by atoms with E-state index in [0.29, 0.717) is 172 Å². The molecule has 0 aliphatic rings. The van der Waals surface area contributed by atoms with Crippen LogP contribution in [0.3, 0.4) is 0 Å². The van der Waals surface area contributed by atoms with Gasteiger partial charge in [0.15, 0.2) is 0 Å². The molecule has 0 saturated carbocycles. The van der Waals surface area contributed by atoms with E-state index in [-0.39, 0.29) is 6.61 Å². The molecule has 0 aliphatic heterocycles. The molecule has 0 rings (SSSR count). The average molecular weight is 736 g/mol. The topological polar surface area (TPSA) is 158 Å². The van der Waals surface area contributed by atoms with Crippen molar-refractivity contribution in [3.63, 3.8) is 0 Å². The van der Waals surface area contributed by atoms with Crippen LogP contribution in [0.5, 0.6) is 0 Å². The minimum atomic E-state index is -0.515. The third-order valence-electron chi connectivity index (χ3n) is 5.60. The maximum atomic E-state index is 11.8. The van der Waals surface area contributed by atoms with Crippen LogP contribution in [0.25, 0.3) is 0 Å². The third kappa shape index (κ3) is 44.7. The molecule has 1 amide bonds. The van der Waals surface area contributed by atoms with Crippen molar-refractivity contribution in [2.45, 2.75) is 26.4 Å². The van der Waals surface area contributed by atoms with Crippen LogP contribution in [0.15, 0.2) is 0 Å². The van der Waals surface area contributed by atoms with Crippen molar-refractivity contribution in [3.8, 4) is 0 Å².